The van der Waals surface area contributed by atoms with Crippen molar-refractivity contribution in [2.75, 3.05) is 12.8 Å². The Morgan fingerprint density at radius 2 is 2.00 bits per heavy atom. The number of ether oxygens (including phenoxy) is 2. The van der Waals surface area contributed by atoms with E-state index < -0.39 is 0 Å². The highest BCUT2D eigenvalue weighted by Crippen LogP contribution is 2.21. The van der Waals surface area contributed by atoms with Crippen molar-refractivity contribution in [1.29, 1.82) is 0 Å². The number of nitrogen functional groups attached to an aromatic ring is 1. The molecule has 0 unspecified atom stereocenters. The summed E-state index contributed by atoms with van der Waals surface area (Å²) in [6.45, 7) is 2.24. The van der Waals surface area contributed by atoms with E-state index in [1.54, 1.807) is 7.11 Å². The van der Waals surface area contributed by atoms with Crippen LogP contribution in [0.15, 0.2) is 36.5 Å². The minimum atomic E-state index is 0.302. The van der Waals surface area contributed by atoms with Gasteiger partial charge in [0.25, 0.3) is 0 Å². The van der Waals surface area contributed by atoms with Crippen molar-refractivity contribution >= 4 is 11.3 Å². The van der Waals surface area contributed by atoms with Gasteiger partial charge in [-0.15, -0.1) is 10.2 Å². The second kappa shape index (κ2) is 5.32. The Morgan fingerprint density at radius 1 is 1.19 bits per heavy atom. The molecule has 2 N–H and O–H groups in total. The molecule has 1 aromatic carbocycles. The normalized spacial score (nSPS) is 10.8. The van der Waals surface area contributed by atoms with Crippen LogP contribution in [0.2, 0.25) is 0 Å². The van der Waals surface area contributed by atoms with Crippen molar-refractivity contribution in [3.05, 3.63) is 47.9 Å². The first-order valence-electron chi connectivity index (χ1n) is 6.54. The molecule has 0 amide bonds. The molecule has 6 heteroatoms. The lowest BCUT2D eigenvalue weighted by molar-refractivity contribution is 0.292. The largest absolute Gasteiger partial charge is 0.497 e. The van der Waals surface area contributed by atoms with Crippen LogP contribution in [-0.4, -0.2) is 21.7 Å². The predicted molar refractivity (Wildman–Crippen MR) is 79.5 cm³/mol. The van der Waals surface area contributed by atoms with Gasteiger partial charge in [0.05, 0.1) is 12.8 Å². The molecule has 0 atom stereocenters. The fourth-order valence-electron chi connectivity index (χ4n) is 2.05. The van der Waals surface area contributed by atoms with E-state index in [1.165, 1.54) is 0 Å². The lowest BCUT2D eigenvalue weighted by Gasteiger charge is -2.07. The van der Waals surface area contributed by atoms with Crippen LogP contribution in [0, 0.1) is 6.92 Å². The monoisotopic (exact) mass is 284 g/mol. The van der Waals surface area contributed by atoms with E-state index in [-0.39, 0.29) is 0 Å². The van der Waals surface area contributed by atoms with E-state index in [1.807, 2.05) is 47.9 Å². The summed E-state index contributed by atoms with van der Waals surface area (Å²) in [6, 6.07) is 9.35. The highest BCUT2D eigenvalue weighted by molar-refractivity contribution is 5.68. The molecule has 2 heterocycles. The number of aryl methyl sites for hydroxylation is 1. The van der Waals surface area contributed by atoms with Crippen LogP contribution in [0.3, 0.4) is 0 Å². The van der Waals surface area contributed by atoms with Crippen molar-refractivity contribution in [2.24, 2.45) is 0 Å². The average molecular weight is 284 g/mol. The first-order chi connectivity index (χ1) is 10.2. The Labute approximate surface area is 122 Å². The number of anilines is 1. The third-order valence-electron chi connectivity index (χ3n) is 3.31. The molecule has 6 nitrogen and oxygen atoms in total. The zero-order valence-electron chi connectivity index (χ0n) is 11.9. The summed E-state index contributed by atoms with van der Waals surface area (Å²) in [6.07, 6.45) is 1.89. The third-order valence-corrected chi connectivity index (χ3v) is 3.31. The van der Waals surface area contributed by atoms with Gasteiger partial charge in [-0.05, 0) is 30.7 Å². The number of benzene rings is 1. The maximum Gasteiger partial charge on any atom is 0.184 e. The lowest BCUT2D eigenvalue weighted by Crippen LogP contribution is -2.02. The number of rotatable bonds is 4. The SMILES string of the molecule is COc1cccc(OCc2nnc3c(N)c(C)ccn23)c1. The first kappa shape index (κ1) is 13.2. The molecule has 0 spiro atoms. The molecular weight excluding hydrogens is 268 g/mol. The van der Waals surface area contributed by atoms with Crippen LogP contribution in [0.25, 0.3) is 5.65 Å². The predicted octanol–water partition coefficient (Wildman–Crippen LogP) is 2.21. The van der Waals surface area contributed by atoms with Crippen molar-refractivity contribution in [2.45, 2.75) is 13.5 Å². The fraction of sp³-hybridized carbons (Fsp3) is 0.200. The summed E-state index contributed by atoms with van der Waals surface area (Å²) in [5.41, 5.74) is 8.27. The highest BCUT2D eigenvalue weighted by Gasteiger charge is 2.10. The highest BCUT2D eigenvalue weighted by atomic mass is 16.5. The number of methoxy groups -OCH3 is 1. The first-order valence-corrected chi connectivity index (χ1v) is 6.54. The lowest BCUT2D eigenvalue weighted by atomic mass is 10.2. The molecule has 0 fully saturated rings. The Morgan fingerprint density at radius 3 is 2.81 bits per heavy atom. The Hall–Kier alpha value is -2.76. The zero-order chi connectivity index (χ0) is 14.8. The minimum absolute atomic E-state index is 0.302. The number of nitrogens with zero attached hydrogens (tertiary/aromatic N) is 3. The molecule has 0 bridgehead atoms. The van der Waals surface area contributed by atoms with Gasteiger partial charge in [0.15, 0.2) is 11.5 Å². The van der Waals surface area contributed by atoms with E-state index in [4.69, 9.17) is 15.2 Å². The average Bonchev–Trinajstić information content (AvgIpc) is 2.93. The molecule has 108 valence electrons. The second-order valence-electron chi connectivity index (χ2n) is 4.69. The second-order valence-corrected chi connectivity index (χ2v) is 4.69. The summed E-state index contributed by atoms with van der Waals surface area (Å²) in [5, 5.41) is 8.24. The summed E-state index contributed by atoms with van der Waals surface area (Å²) >= 11 is 0. The van der Waals surface area contributed by atoms with Gasteiger partial charge in [-0.3, -0.25) is 4.40 Å². The van der Waals surface area contributed by atoms with Crippen LogP contribution < -0.4 is 15.2 Å². The number of nitrogens with two attached hydrogens (primary N) is 1. The Balaban J connectivity index is 1.84. The van der Waals surface area contributed by atoms with Crippen molar-refractivity contribution in [3.8, 4) is 11.5 Å². The van der Waals surface area contributed by atoms with Crippen molar-refractivity contribution in [3.63, 3.8) is 0 Å². The van der Waals surface area contributed by atoms with Gasteiger partial charge in [0.1, 0.15) is 18.1 Å². The summed E-state index contributed by atoms with van der Waals surface area (Å²) < 4.78 is 12.7. The van der Waals surface area contributed by atoms with Gasteiger partial charge in [-0.25, -0.2) is 0 Å². The molecular formula is C15H16N4O2. The van der Waals surface area contributed by atoms with Crippen molar-refractivity contribution in [1.82, 2.24) is 14.6 Å². The van der Waals surface area contributed by atoms with Gasteiger partial charge in [0, 0.05) is 12.3 Å². The maximum absolute atomic E-state index is 6.00. The molecule has 0 radical (unpaired) electrons. The van der Waals surface area contributed by atoms with Crippen molar-refractivity contribution < 1.29 is 9.47 Å². The van der Waals surface area contributed by atoms with E-state index in [0.29, 0.717) is 29.5 Å². The standard InChI is InChI=1S/C15H16N4O2/c1-10-6-7-19-13(17-18-15(19)14(10)16)9-21-12-5-3-4-11(8-12)20-2/h3-8H,9,16H2,1-2H3. The van der Waals surface area contributed by atoms with Crippen LogP contribution >= 0.6 is 0 Å². The van der Waals surface area contributed by atoms with Gasteiger partial charge >= 0.3 is 0 Å². The molecule has 0 saturated heterocycles. The Bertz CT molecular complexity index is 782. The third kappa shape index (κ3) is 2.47. The molecule has 0 aliphatic carbocycles. The fourth-order valence-corrected chi connectivity index (χ4v) is 2.05. The quantitative estimate of drug-likeness (QED) is 0.795. The number of hydrogen-bond acceptors (Lipinski definition) is 5. The van der Waals surface area contributed by atoms with Crippen LogP contribution in [0.5, 0.6) is 11.5 Å². The van der Waals surface area contributed by atoms with Crippen LogP contribution in [-0.2, 0) is 6.61 Å². The molecule has 3 rings (SSSR count). The van der Waals surface area contributed by atoms with Gasteiger partial charge < -0.3 is 15.2 Å². The zero-order valence-corrected chi connectivity index (χ0v) is 11.9. The van der Waals surface area contributed by atoms with E-state index >= 15 is 0 Å². The van der Waals surface area contributed by atoms with Gasteiger partial charge in [0.2, 0.25) is 0 Å². The number of pyridine rings is 1. The maximum atomic E-state index is 6.00. The molecule has 0 saturated carbocycles. The topological polar surface area (TPSA) is 74.7 Å². The molecule has 0 aliphatic rings. The smallest absolute Gasteiger partial charge is 0.184 e. The molecule has 2 aromatic heterocycles. The van der Waals surface area contributed by atoms with Gasteiger partial charge in [-0.1, -0.05) is 6.07 Å². The molecule has 3 aromatic rings. The molecule has 21 heavy (non-hydrogen) atoms. The summed E-state index contributed by atoms with van der Waals surface area (Å²) in [7, 11) is 1.62. The number of hydrogen-bond donors (Lipinski definition) is 1. The van der Waals surface area contributed by atoms with Crippen LogP contribution in [0.4, 0.5) is 5.69 Å². The summed E-state index contributed by atoms with van der Waals surface area (Å²) in [5.74, 6) is 2.16. The number of aromatic nitrogens is 3. The number of fused-ring (bicyclic) bond motifs is 1. The summed E-state index contributed by atoms with van der Waals surface area (Å²) in [4.78, 5) is 0. The van der Waals surface area contributed by atoms with E-state index in [9.17, 15) is 0 Å². The van der Waals surface area contributed by atoms with Crippen LogP contribution in [0.1, 0.15) is 11.4 Å². The van der Waals surface area contributed by atoms with E-state index in [0.717, 1.165) is 11.3 Å². The van der Waals surface area contributed by atoms with E-state index in [2.05, 4.69) is 10.2 Å². The molecule has 0 aliphatic heterocycles. The minimum Gasteiger partial charge on any atom is -0.497 e. The Kier molecular flexibility index (Phi) is 3.35. The van der Waals surface area contributed by atoms with Gasteiger partial charge in [-0.2, -0.15) is 0 Å².